The number of likely N-dealkylation sites (tertiary alicyclic amines) is 1. The lowest BCUT2D eigenvalue weighted by Gasteiger charge is -2.55. The summed E-state index contributed by atoms with van der Waals surface area (Å²) in [5.74, 6) is 0.643. The van der Waals surface area contributed by atoms with E-state index in [0.29, 0.717) is 37.5 Å². The van der Waals surface area contributed by atoms with Gasteiger partial charge in [-0.1, -0.05) is 30.3 Å². The van der Waals surface area contributed by atoms with E-state index in [9.17, 15) is 13.7 Å². The third-order valence-corrected chi connectivity index (χ3v) is 7.65. The fourth-order valence-electron chi connectivity index (χ4n) is 4.69. The summed E-state index contributed by atoms with van der Waals surface area (Å²) in [6, 6.07) is 14.1. The molecule has 0 radical (unpaired) electrons. The molecule has 3 aliphatic rings. The van der Waals surface area contributed by atoms with E-state index >= 15 is 0 Å². The molecule has 0 spiro atoms. The molecule has 0 aromatic heterocycles. The van der Waals surface area contributed by atoms with Gasteiger partial charge in [0.25, 0.3) is 0 Å². The quantitative estimate of drug-likeness (QED) is 0.800. The molecule has 2 aliphatic heterocycles. The van der Waals surface area contributed by atoms with E-state index in [0.717, 1.165) is 25.9 Å². The lowest BCUT2D eigenvalue weighted by molar-refractivity contribution is -0.0253. The molecule has 1 aliphatic carbocycles. The van der Waals surface area contributed by atoms with Crippen LogP contribution in [-0.4, -0.2) is 67.7 Å². The summed E-state index contributed by atoms with van der Waals surface area (Å²) >= 11 is 0. The largest absolute Gasteiger partial charge is 0.311 e. The number of nitrogens with zero attached hydrogens (tertiary/aromatic N) is 3. The Morgan fingerprint density at radius 2 is 1.89 bits per heavy atom. The minimum atomic E-state index is -3.16. The van der Waals surface area contributed by atoms with Crippen LogP contribution < -0.4 is 5.32 Å². The molecular weight excluding hydrogens is 360 g/mol. The summed E-state index contributed by atoms with van der Waals surface area (Å²) in [4.78, 5) is 2.36. The molecule has 1 aromatic rings. The highest BCUT2D eigenvalue weighted by molar-refractivity contribution is 7.88. The van der Waals surface area contributed by atoms with Gasteiger partial charge in [0.15, 0.2) is 0 Å². The molecule has 0 unspecified atom stereocenters. The maximum atomic E-state index is 11.7. The first-order chi connectivity index (χ1) is 12.9. The van der Waals surface area contributed by atoms with E-state index in [2.05, 4.69) is 46.6 Å². The van der Waals surface area contributed by atoms with Crippen LogP contribution in [0.5, 0.6) is 0 Å². The van der Waals surface area contributed by atoms with E-state index in [-0.39, 0.29) is 5.54 Å². The molecule has 2 saturated heterocycles. The molecule has 0 bridgehead atoms. The van der Waals surface area contributed by atoms with Crippen molar-refractivity contribution < 1.29 is 8.42 Å². The highest BCUT2D eigenvalue weighted by atomic mass is 32.2. The maximum absolute atomic E-state index is 11.7. The molecule has 146 valence electrons. The number of nitriles is 1. The van der Waals surface area contributed by atoms with Gasteiger partial charge in [0.1, 0.15) is 0 Å². The number of sulfonamides is 1. The van der Waals surface area contributed by atoms with Crippen LogP contribution in [0.1, 0.15) is 37.2 Å². The van der Waals surface area contributed by atoms with Crippen LogP contribution in [0.3, 0.4) is 0 Å². The summed E-state index contributed by atoms with van der Waals surface area (Å²) in [6.07, 6.45) is 4.98. The van der Waals surface area contributed by atoms with E-state index < -0.39 is 10.0 Å². The molecular formula is C20H28N4O2S. The topological polar surface area (TPSA) is 76.4 Å². The standard InChI is InChI=1S/C20H28N4O2S/c1-27(25,26)24-14-20(15-24,9-10-21)23-11-7-17(8-12-23)22-19-13-18(19)16-5-3-2-4-6-16/h2-6,17-19,22H,7-9,11-15H2,1H3/t18-,19+/m0/s1. The van der Waals surface area contributed by atoms with Gasteiger partial charge in [0, 0.05) is 44.2 Å². The number of hydrogen-bond acceptors (Lipinski definition) is 5. The molecule has 2 heterocycles. The SMILES string of the molecule is CS(=O)(=O)N1CC(CC#N)(N2CCC(N[C@@H]3C[C@H]3c3ccccc3)CC2)C1. The van der Waals surface area contributed by atoms with Gasteiger partial charge in [-0.2, -0.15) is 9.57 Å². The van der Waals surface area contributed by atoms with Crippen molar-refractivity contribution in [2.75, 3.05) is 32.4 Å². The first kappa shape index (κ1) is 18.9. The second kappa shape index (κ2) is 7.17. The molecule has 0 amide bonds. The third-order valence-electron chi connectivity index (χ3n) is 6.45. The van der Waals surface area contributed by atoms with E-state index in [4.69, 9.17) is 0 Å². The van der Waals surface area contributed by atoms with Crippen molar-refractivity contribution in [3.05, 3.63) is 35.9 Å². The normalized spacial score (nSPS) is 29.0. The molecule has 27 heavy (non-hydrogen) atoms. The Kier molecular flexibility index (Phi) is 5.02. The second-order valence-corrected chi connectivity index (χ2v) is 10.4. The van der Waals surface area contributed by atoms with Crippen LogP contribution in [-0.2, 0) is 10.0 Å². The fraction of sp³-hybridized carbons (Fsp3) is 0.650. The van der Waals surface area contributed by atoms with Crippen LogP contribution in [0, 0.1) is 11.3 Å². The van der Waals surface area contributed by atoms with E-state index in [1.165, 1.54) is 22.5 Å². The summed E-state index contributed by atoms with van der Waals surface area (Å²) in [6.45, 7) is 2.77. The van der Waals surface area contributed by atoms with Crippen molar-refractivity contribution in [1.82, 2.24) is 14.5 Å². The number of hydrogen-bond donors (Lipinski definition) is 1. The van der Waals surface area contributed by atoms with Gasteiger partial charge in [0.05, 0.1) is 24.3 Å². The van der Waals surface area contributed by atoms with Crippen molar-refractivity contribution in [1.29, 1.82) is 5.26 Å². The highest BCUT2D eigenvalue weighted by Crippen LogP contribution is 2.42. The maximum Gasteiger partial charge on any atom is 0.211 e. The van der Waals surface area contributed by atoms with Gasteiger partial charge >= 0.3 is 0 Å². The smallest absolute Gasteiger partial charge is 0.211 e. The summed E-state index contributed by atoms with van der Waals surface area (Å²) in [7, 11) is -3.16. The number of rotatable bonds is 6. The molecule has 1 aromatic carbocycles. The van der Waals surface area contributed by atoms with Gasteiger partial charge in [-0.25, -0.2) is 8.42 Å². The lowest BCUT2D eigenvalue weighted by atomic mass is 9.84. The molecule has 2 atom stereocenters. The number of nitrogens with one attached hydrogen (secondary N) is 1. The van der Waals surface area contributed by atoms with Crippen LogP contribution in [0.25, 0.3) is 0 Å². The molecule has 6 nitrogen and oxygen atoms in total. The van der Waals surface area contributed by atoms with E-state index in [1.54, 1.807) is 0 Å². The Hall–Kier alpha value is -1.46. The van der Waals surface area contributed by atoms with Gasteiger partial charge in [-0.05, 0) is 24.8 Å². The molecule has 4 rings (SSSR count). The predicted molar refractivity (Wildman–Crippen MR) is 105 cm³/mol. The van der Waals surface area contributed by atoms with Crippen LogP contribution in [0.2, 0.25) is 0 Å². The Morgan fingerprint density at radius 3 is 2.48 bits per heavy atom. The Bertz CT molecular complexity index is 806. The zero-order chi connectivity index (χ0) is 19.1. The van der Waals surface area contributed by atoms with Gasteiger partial charge in [-0.15, -0.1) is 0 Å². The summed E-state index contributed by atoms with van der Waals surface area (Å²) in [5, 5.41) is 13.1. The van der Waals surface area contributed by atoms with Crippen molar-refractivity contribution >= 4 is 10.0 Å². The van der Waals surface area contributed by atoms with Crippen LogP contribution >= 0.6 is 0 Å². The zero-order valence-electron chi connectivity index (χ0n) is 15.8. The van der Waals surface area contributed by atoms with Gasteiger partial charge < -0.3 is 5.32 Å². The Balaban J connectivity index is 1.28. The predicted octanol–water partition coefficient (Wildman–Crippen LogP) is 1.52. The first-order valence-corrected chi connectivity index (χ1v) is 11.6. The molecule has 1 N–H and O–H groups in total. The number of piperidine rings is 1. The third kappa shape index (κ3) is 3.90. The fourth-order valence-corrected chi connectivity index (χ4v) is 5.64. The lowest BCUT2D eigenvalue weighted by Crippen LogP contribution is -2.72. The minimum Gasteiger partial charge on any atom is -0.311 e. The first-order valence-electron chi connectivity index (χ1n) is 9.79. The Labute approximate surface area is 162 Å². The van der Waals surface area contributed by atoms with Gasteiger partial charge in [-0.3, -0.25) is 4.90 Å². The monoisotopic (exact) mass is 388 g/mol. The minimum absolute atomic E-state index is 0.283. The van der Waals surface area contributed by atoms with Crippen molar-refractivity contribution in [2.45, 2.75) is 49.2 Å². The zero-order valence-corrected chi connectivity index (χ0v) is 16.7. The second-order valence-electron chi connectivity index (χ2n) is 8.38. The van der Waals surface area contributed by atoms with E-state index in [1.807, 2.05) is 0 Å². The Morgan fingerprint density at radius 1 is 1.22 bits per heavy atom. The van der Waals surface area contributed by atoms with Gasteiger partial charge in [0.2, 0.25) is 10.0 Å². The van der Waals surface area contributed by atoms with Crippen LogP contribution in [0.4, 0.5) is 0 Å². The average molecular weight is 389 g/mol. The molecule has 1 saturated carbocycles. The molecule has 7 heteroatoms. The summed E-state index contributed by atoms with van der Waals surface area (Å²) in [5.41, 5.74) is 1.14. The van der Waals surface area contributed by atoms with Crippen molar-refractivity contribution in [3.63, 3.8) is 0 Å². The van der Waals surface area contributed by atoms with Crippen molar-refractivity contribution in [2.24, 2.45) is 0 Å². The summed E-state index contributed by atoms with van der Waals surface area (Å²) < 4.78 is 25.0. The highest BCUT2D eigenvalue weighted by Gasteiger charge is 2.51. The van der Waals surface area contributed by atoms with Crippen LogP contribution in [0.15, 0.2) is 30.3 Å². The average Bonchev–Trinajstić information content (AvgIpc) is 3.37. The van der Waals surface area contributed by atoms with Crippen molar-refractivity contribution in [3.8, 4) is 6.07 Å². The number of benzene rings is 1. The molecule has 3 fully saturated rings.